The molecule has 0 spiro atoms. The molecule has 2 unspecified atom stereocenters. The minimum absolute atomic E-state index is 0.00645. The number of piperidine rings is 1. The number of nitrogens with zero attached hydrogens (tertiary/aromatic N) is 1. The van der Waals surface area contributed by atoms with Crippen molar-refractivity contribution in [3.63, 3.8) is 0 Å². The quantitative estimate of drug-likeness (QED) is 0.711. The van der Waals surface area contributed by atoms with Crippen LogP contribution < -0.4 is 16.4 Å². The molecule has 0 radical (unpaired) electrons. The number of likely N-dealkylation sites (tertiary alicyclic amines) is 1. The monoisotopic (exact) mass is 322 g/mol. The van der Waals surface area contributed by atoms with E-state index >= 15 is 0 Å². The molecule has 2 aliphatic carbocycles. The Hall–Kier alpha value is -1.30. The number of nitrogens with two attached hydrogens (primary N) is 1. The van der Waals surface area contributed by atoms with Gasteiger partial charge in [-0.1, -0.05) is 12.8 Å². The fraction of sp³-hybridized carbons (Fsp3) is 0.882. The predicted molar refractivity (Wildman–Crippen MR) is 88.8 cm³/mol. The molecule has 6 nitrogen and oxygen atoms in total. The molecule has 0 aromatic heterocycles. The molecule has 1 saturated heterocycles. The predicted octanol–water partition coefficient (Wildman–Crippen LogP) is 1.20. The summed E-state index contributed by atoms with van der Waals surface area (Å²) in [6, 6.07) is 0.449. The van der Waals surface area contributed by atoms with Gasteiger partial charge in [-0.25, -0.2) is 4.79 Å². The Labute approximate surface area is 138 Å². The van der Waals surface area contributed by atoms with Crippen molar-refractivity contribution in [1.29, 1.82) is 0 Å². The molecular weight excluding hydrogens is 292 g/mol. The maximum Gasteiger partial charge on any atom is 0.317 e. The van der Waals surface area contributed by atoms with Crippen LogP contribution in [0.2, 0.25) is 0 Å². The first-order chi connectivity index (χ1) is 11.2. The molecule has 0 aromatic carbocycles. The van der Waals surface area contributed by atoms with E-state index in [1.54, 1.807) is 0 Å². The minimum Gasteiger partial charge on any atom is -0.352 e. The van der Waals surface area contributed by atoms with Crippen molar-refractivity contribution in [2.24, 2.45) is 17.6 Å². The zero-order chi connectivity index (χ0) is 16.2. The highest BCUT2D eigenvalue weighted by Crippen LogP contribution is 2.32. The van der Waals surface area contributed by atoms with Gasteiger partial charge in [-0.05, 0) is 44.4 Å². The van der Waals surface area contributed by atoms with Crippen LogP contribution in [0.1, 0.15) is 51.4 Å². The molecule has 3 fully saturated rings. The molecule has 2 saturated carbocycles. The van der Waals surface area contributed by atoms with Crippen molar-refractivity contribution < 1.29 is 9.59 Å². The number of hydrogen-bond acceptors (Lipinski definition) is 3. The van der Waals surface area contributed by atoms with Crippen LogP contribution in [0.4, 0.5) is 4.79 Å². The number of amides is 3. The third-order valence-electron chi connectivity index (χ3n) is 5.53. The number of urea groups is 1. The first-order valence-corrected chi connectivity index (χ1v) is 9.23. The standard InChI is InChI=1S/C17H30N4O2/c18-10-15(12-7-8-12)20-16(22)13-4-3-9-21(11-13)17(23)19-14-5-1-2-6-14/h12-15H,1-11,18H2,(H,19,23)(H,20,22). The fourth-order valence-electron chi connectivity index (χ4n) is 3.88. The van der Waals surface area contributed by atoms with Crippen LogP contribution in [-0.4, -0.2) is 48.6 Å². The van der Waals surface area contributed by atoms with Crippen molar-refractivity contribution in [2.75, 3.05) is 19.6 Å². The number of carbonyl (C=O) groups is 2. The Morgan fingerprint density at radius 3 is 2.48 bits per heavy atom. The van der Waals surface area contributed by atoms with Crippen LogP contribution in [0.25, 0.3) is 0 Å². The van der Waals surface area contributed by atoms with E-state index in [1.165, 1.54) is 25.7 Å². The van der Waals surface area contributed by atoms with E-state index in [0.29, 0.717) is 25.0 Å². The molecule has 130 valence electrons. The van der Waals surface area contributed by atoms with Crippen molar-refractivity contribution >= 4 is 11.9 Å². The molecule has 0 bridgehead atoms. The van der Waals surface area contributed by atoms with Crippen molar-refractivity contribution in [2.45, 2.75) is 63.5 Å². The zero-order valence-corrected chi connectivity index (χ0v) is 13.9. The van der Waals surface area contributed by atoms with Gasteiger partial charge in [-0.3, -0.25) is 4.79 Å². The Balaban J connectivity index is 1.48. The lowest BCUT2D eigenvalue weighted by Crippen LogP contribution is -2.52. The van der Waals surface area contributed by atoms with Crippen molar-refractivity contribution in [3.8, 4) is 0 Å². The lowest BCUT2D eigenvalue weighted by atomic mass is 9.96. The Morgan fingerprint density at radius 1 is 1.09 bits per heavy atom. The summed E-state index contributed by atoms with van der Waals surface area (Å²) in [4.78, 5) is 26.7. The molecule has 1 aliphatic heterocycles. The summed E-state index contributed by atoms with van der Waals surface area (Å²) in [6.45, 7) is 1.80. The summed E-state index contributed by atoms with van der Waals surface area (Å²) >= 11 is 0. The molecule has 0 aromatic rings. The van der Waals surface area contributed by atoms with E-state index in [4.69, 9.17) is 5.73 Å². The maximum atomic E-state index is 12.5. The zero-order valence-electron chi connectivity index (χ0n) is 13.9. The van der Waals surface area contributed by atoms with Crippen LogP contribution in [-0.2, 0) is 4.79 Å². The van der Waals surface area contributed by atoms with Gasteiger partial charge in [0.1, 0.15) is 0 Å². The topological polar surface area (TPSA) is 87.5 Å². The third-order valence-corrected chi connectivity index (χ3v) is 5.53. The van der Waals surface area contributed by atoms with Crippen molar-refractivity contribution in [3.05, 3.63) is 0 Å². The molecule has 3 aliphatic rings. The average Bonchev–Trinajstić information content (AvgIpc) is 3.29. The van der Waals surface area contributed by atoms with E-state index in [-0.39, 0.29) is 23.9 Å². The largest absolute Gasteiger partial charge is 0.352 e. The third kappa shape index (κ3) is 4.37. The van der Waals surface area contributed by atoms with Gasteiger partial charge >= 0.3 is 6.03 Å². The summed E-state index contributed by atoms with van der Waals surface area (Å²) in [5.74, 6) is 0.547. The second-order valence-electron chi connectivity index (χ2n) is 7.40. The highest BCUT2D eigenvalue weighted by atomic mass is 16.2. The van der Waals surface area contributed by atoms with Gasteiger partial charge in [-0.2, -0.15) is 0 Å². The van der Waals surface area contributed by atoms with Crippen LogP contribution >= 0.6 is 0 Å². The van der Waals surface area contributed by atoms with Gasteiger partial charge < -0.3 is 21.3 Å². The van der Waals surface area contributed by atoms with Crippen molar-refractivity contribution in [1.82, 2.24) is 15.5 Å². The second-order valence-corrected chi connectivity index (χ2v) is 7.40. The number of carbonyl (C=O) groups excluding carboxylic acids is 2. The van der Waals surface area contributed by atoms with Crippen LogP contribution in [0.15, 0.2) is 0 Å². The van der Waals surface area contributed by atoms with E-state index in [0.717, 1.165) is 32.2 Å². The molecule has 2 atom stereocenters. The summed E-state index contributed by atoms with van der Waals surface area (Å²) in [5.41, 5.74) is 5.77. The summed E-state index contributed by atoms with van der Waals surface area (Å²) in [6.07, 6.45) is 8.68. The summed E-state index contributed by atoms with van der Waals surface area (Å²) < 4.78 is 0. The normalized spacial score (nSPS) is 26.8. The van der Waals surface area contributed by atoms with Gasteiger partial charge in [0.15, 0.2) is 0 Å². The molecule has 1 heterocycles. The van der Waals surface area contributed by atoms with Gasteiger partial charge in [0.05, 0.1) is 5.92 Å². The number of hydrogen-bond donors (Lipinski definition) is 3. The van der Waals surface area contributed by atoms with E-state index < -0.39 is 0 Å². The summed E-state index contributed by atoms with van der Waals surface area (Å²) in [5, 5.41) is 6.23. The minimum atomic E-state index is -0.0918. The first-order valence-electron chi connectivity index (χ1n) is 9.23. The lowest BCUT2D eigenvalue weighted by molar-refractivity contribution is -0.127. The van der Waals surface area contributed by atoms with Gasteiger partial charge in [0.2, 0.25) is 5.91 Å². The number of nitrogens with one attached hydrogen (secondary N) is 2. The highest BCUT2D eigenvalue weighted by Gasteiger charge is 2.34. The number of rotatable bonds is 5. The molecule has 6 heteroatoms. The smallest absolute Gasteiger partial charge is 0.317 e. The Morgan fingerprint density at radius 2 is 1.83 bits per heavy atom. The van der Waals surface area contributed by atoms with E-state index in [1.807, 2.05) is 4.90 Å². The SMILES string of the molecule is NCC(NC(=O)C1CCCN(C(=O)NC2CCCC2)C1)C1CC1. The summed E-state index contributed by atoms with van der Waals surface area (Å²) in [7, 11) is 0. The van der Waals surface area contributed by atoms with Crippen LogP contribution in [0, 0.1) is 11.8 Å². The molecule has 3 rings (SSSR count). The Bertz CT molecular complexity index is 432. The first kappa shape index (κ1) is 16.6. The second kappa shape index (κ2) is 7.51. The molecule has 3 amide bonds. The van der Waals surface area contributed by atoms with E-state index in [9.17, 15) is 9.59 Å². The fourth-order valence-corrected chi connectivity index (χ4v) is 3.88. The van der Waals surface area contributed by atoms with Gasteiger partial charge in [0, 0.05) is 31.7 Å². The molecule has 4 N–H and O–H groups in total. The molecule has 23 heavy (non-hydrogen) atoms. The van der Waals surface area contributed by atoms with Gasteiger partial charge in [-0.15, -0.1) is 0 Å². The Kier molecular flexibility index (Phi) is 5.41. The average molecular weight is 322 g/mol. The van der Waals surface area contributed by atoms with Gasteiger partial charge in [0.25, 0.3) is 0 Å². The highest BCUT2D eigenvalue weighted by molar-refractivity contribution is 5.81. The lowest BCUT2D eigenvalue weighted by Gasteiger charge is -2.33. The molecular formula is C17H30N4O2. The maximum absolute atomic E-state index is 12.5. The van der Waals surface area contributed by atoms with Crippen LogP contribution in [0.5, 0.6) is 0 Å². The van der Waals surface area contributed by atoms with Crippen LogP contribution in [0.3, 0.4) is 0 Å². The van der Waals surface area contributed by atoms with E-state index in [2.05, 4.69) is 10.6 Å².